The molecule has 41 heavy (non-hydrogen) atoms. The Bertz CT molecular complexity index is 1320. The van der Waals surface area contributed by atoms with E-state index in [1.807, 2.05) is 0 Å². The fourth-order valence-electron chi connectivity index (χ4n) is 3.58. The number of phosphoric ester groups is 1. The number of phosphoric acid groups is 1. The predicted octanol–water partition coefficient (Wildman–Crippen LogP) is 2.67. The zero-order chi connectivity index (χ0) is 30.6. The van der Waals surface area contributed by atoms with Crippen molar-refractivity contribution in [2.45, 2.75) is 70.5 Å². The Kier molecular flexibility index (Phi) is 9.74. The predicted molar refractivity (Wildman–Crippen MR) is 131 cm³/mol. The molecule has 0 aromatic carbocycles. The minimum Gasteiger partial charge on any atom is -0.432 e. The summed E-state index contributed by atoms with van der Waals surface area (Å²) in [5.74, 6) is 0.00420. The summed E-state index contributed by atoms with van der Waals surface area (Å²) in [5.41, 5.74) is 0.272. The van der Waals surface area contributed by atoms with E-state index in [1.165, 1.54) is 39.8 Å². The van der Waals surface area contributed by atoms with E-state index < -0.39 is 69.6 Å². The van der Waals surface area contributed by atoms with Gasteiger partial charge in [-0.05, 0) is 46.8 Å². The highest BCUT2D eigenvalue weighted by molar-refractivity contribution is 7.48. The van der Waals surface area contributed by atoms with Crippen LogP contribution >= 0.6 is 7.82 Å². The van der Waals surface area contributed by atoms with E-state index in [-0.39, 0.29) is 17.0 Å². The van der Waals surface area contributed by atoms with Crippen LogP contribution in [0.5, 0.6) is 0 Å². The lowest BCUT2D eigenvalue weighted by Gasteiger charge is -2.30. The van der Waals surface area contributed by atoms with E-state index >= 15 is 4.39 Å². The normalized spacial score (nSPS) is 24.4. The molecule has 3 N–H and O–H groups in total. The second-order valence-electron chi connectivity index (χ2n) is 9.13. The molecular formula is C22H29FN5O12P. The number of nitrogen functional groups attached to an aromatic ring is 1. The maximum Gasteiger partial charge on any atom is 0.510 e. The molecule has 1 fully saturated rings. The van der Waals surface area contributed by atoms with Gasteiger partial charge in [-0.3, -0.25) is 4.52 Å². The number of nitriles is 1. The summed E-state index contributed by atoms with van der Waals surface area (Å²) in [7, 11) is -5.02. The summed E-state index contributed by atoms with van der Waals surface area (Å²) in [6.45, 7) is 4.82. The summed E-state index contributed by atoms with van der Waals surface area (Å²) in [4.78, 5) is 27.1. The molecule has 19 heteroatoms. The van der Waals surface area contributed by atoms with E-state index in [2.05, 4.69) is 19.6 Å². The number of aliphatic hydroxyl groups is 1. The van der Waals surface area contributed by atoms with Crippen molar-refractivity contribution in [3.63, 3.8) is 0 Å². The second-order valence-corrected chi connectivity index (χ2v) is 10.8. The molecule has 4 atom stereocenters. The summed E-state index contributed by atoms with van der Waals surface area (Å²) in [6.07, 6.45) is -6.96. The van der Waals surface area contributed by atoms with Gasteiger partial charge in [-0.1, -0.05) is 0 Å². The molecule has 1 aliphatic rings. The van der Waals surface area contributed by atoms with Crippen LogP contribution in [0, 0.1) is 11.3 Å². The SMILES string of the molecule is CC(C)OC(=O)OCOP(=O)(OCOC(=O)OC(C)C)O[C@H]1O[C@@](C#N)(c2ccc3c(N)ncnn23)[C@](C)(F)[C@@H]1O. The summed E-state index contributed by atoms with van der Waals surface area (Å²) >= 11 is 0. The topological polar surface area (TPSA) is 225 Å². The number of nitrogens with two attached hydrogens (primary N) is 1. The highest BCUT2D eigenvalue weighted by Crippen LogP contribution is 2.57. The number of aliphatic hydroxyl groups excluding tert-OH is 1. The van der Waals surface area contributed by atoms with Gasteiger partial charge in [0.15, 0.2) is 11.5 Å². The molecule has 0 aliphatic carbocycles. The number of hydrogen-bond acceptors (Lipinski definition) is 16. The van der Waals surface area contributed by atoms with Gasteiger partial charge in [0, 0.05) is 0 Å². The van der Waals surface area contributed by atoms with Crippen LogP contribution in [0.2, 0.25) is 0 Å². The van der Waals surface area contributed by atoms with Crippen molar-refractivity contribution in [2.24, 2.45) is 0 Å². The lowest BCUT2D eigenvalue weighted by molar-refractivity contribution is -0.152. The zero-order valence-corrected chi connectivity index (χ0v) is 23.5. The quantitative estimate of drug-likeness (QED) is 0.213. The molecule has 1 saturated heterocycles. The number of ether oxygens (including phenoxy) is 5. The van der Waals surface area contributed by atoms with Gasteiger partial charge in [-0.15, -0.1) is 0 Å². The Balaban J connectivity index is 1.86. The maximum absolute atomic E-state index is 16.2. The number of anilines is 1. The number of hydrogen-bond donors (Lipinski definition) is 2. The first-order chi connectivity index (χ1) is 19.2. The smallest absolute Gasteiger partial charge is 0.432 e. The minimum absolute atomic E-state index is 0.00420. The van der Waals surface area contributed by atoms with Crippen LogP contribution < -0.4 is 5.73 Å². The van der Waals surface area contributed by atoms with Gasteiger partial charge < -0.3 is 34.5 Å². The molecule has 0 unspecified atom stereocenters. The van der Waals surface area contributed by atoms with Crippen LogP contribution in [0.15, 0.2) is 18.5 Å². The van der Waals surface area contributed by atoms with Crippen LogP contribution in [0.3, 0.4) is 0 Å². The Morgan fingerprint density at radius 3 is 2.27 bits per heavy atom. The number of rotatable bonds is 11. The molecule has 3 heterocycles. The van der Waals surface area contributed by atoms with Crippen LogP contribution in [-0.2, 0) is 47.4 Å². The molecule has 0 amide bonds. The molecular weight excluding hydrogens is 576 g/mol. The van der Waals surface area contributed by atoms with Gasteiger partial charge in [-0.2, -0.15) is 10.4 Å². The van der Waals surface area contributed by atoms with Crippen molar-refractivity contribution >= 4 is 31.5 Å². The van der Waals surface area contributed by atoms with Crippen LogP contribution in [0.1, 0.15) is 40.3 Å². The van der Waals surface area contributed by atoms with Gasteiger partial charge in [0.1, 0.15) is 24.0 Å². The van der Waals surface area contributed by atoms with Crippen LogP contribution in [-0.4, -0.2) is 75.9 Å². The number of alkyl halides is 1. The zero-order valence-electron chi connectivity index (χ0n) is 22.6. The number of halogens is 1. The fourth-order valence-corrected chi connectivity index (χ4v) is 4.55. The minimum atomic E-state index is -5.02. The first-order valence-corrected chi connectivity index (χ1v) is 13.4. The third kappa shape index (κ3) is 6.84. The first-order valence-electron chi connectivity index (χ1n) is 11.9. The summed E-state index contributed by atoms with van der Waals surface area (Å²) < 4.78 is 70.0. The molecule has 0 saturated carbocycles. The summed E-state index contributed by atoms with van der Waals surface area (Å²) in [5, 5.41) is 24.9. The number of fused-ring (bicyclic) bond motifs is 1. The van der Waals surface area contributed by atoms with Crippen molar-refractivity contribution in [1.82, 2.24) is 14.6 Å². The van der Waals surface area contributed by atoms with E-state index in [4.69, 9.17) is 33.5 Å². The fraction of sp³-hybridized carbons (Fsp3) is 0.591. The van der Waals surface area contributed by atoms with Crippen molar-refractivity contribution < 1.29 is 60.9 Å². The summed E-state index contributed by atoms with van der Waals surface area (Å²) in [6, 6.07) is 4.34. The molecule has 0 spiro atoms. The monoisotopic (exact) mass is 605 g/mol. The molecule has 3 rings (SSSR count). The molecule has 226 valence electrons. The van der Waals surface area contributed by atoms with Crippen molar-refractivity contribution in [3.05, 3.63) is 24.2 Å². The Morgan fingerprint density at radius 1 is 1.20 bits per heavy atom. The highest BCUT2D eigenvalue weighted by Gasteiger charge is 2.68. The van der Waals surface area contributed by atoms with Crippen LogP contribution in [0.25, 0.3) is 5.52 Å². The number of nitrogens with zero attached hydrogens (tertiary/aromatic N) is 4. The Morgan fingerprint density at radius 2 is 1.76 bits per heavy atom. The van der Waals surface area contributed by atoms with E-state index in [0.717, 1.165) is 17.8 Å². The largest absolute Gasteiger partial charge is 0.510 e. The van der Waals surface area contributed by atoms with E-state index in [1.54, 1.807) is 6.07 Å². The van der Waals surface area contributed by atoms with Gasteiger partial charge >= 0.3 is 20.1 Å². The highest BCUT2D eigenvalue weighted by atomic mass is 31.2. The standard InChI is InChI=1S/C22H29FN5O12P/c1-12(2)37-19(30)33-10-35-41(32,36-11-34-20(31)38-13(3)4)40-18-16(29)21(5,23)22(8-24,39-18)15-7-6-14-17(25)26-9-27-28(14)15/h6-7,9,12-13,16,18,29H,10-11H2,1-5H3,(H2,25,26,27)/t16-,18-,21-,22+/m1/s1. The third-order valence-corrected chi connectivity index (χ3v) is 6.78. The molecule has 17 nitrogen and oxygen atoms in total. The lowest BCUT2D eigenvalue weighted by Crippen LogP contribution is -2.48. The number of aromatic nitrogens is 3. The Labute approximate surface area is 232 Å². The first kappa shape index (κ1) is 31.9. The molecule has 0 bridgehead atoms. The van der Waals surface area contributed by atoms with Gasteiger partial charge in [-0.25, -0.2) is 37.1 Å². The van der Waals surface area contributed by atoms with Crippen molar-refractivity contribution in [3.8, 4) is 6.07 Å². The van der Waals surface area contributed by atoms with Gasteiger partial charge in [0.05, 0.1) is 17.9 Å². The van der Waals surface area contributed by atoms with E-state index in [9.17, 15) is 24.5 Å². The van der Waals surface area contributed by atoms with Crippen LogP contribution in [0.4, 0.5) is 19.8 Å². The number of carbonyl (C=O) groups is 2. The van der Waals surface area contributed by atoms with Crippen molar-refractivity contribution in [2.75, 3.05) is 19.3 Å². The average Bonchev–Trinajstić information content (AvgIpc) is 3.37. The Hall–Kier alpha value is -3.59. The molecule has 2 aromatic heterocycles. The van der Waals surface area contributed by atoms with Crippen molar-refractivity contribution in [1.29, 1.82) is 5.26 Å². The van der Waals surface area contributed by atoms with E-state index in [0.29, 0.717) is 0 Å². The van der Waals surface area contributed by atoms with Gasteiger partial charge in [0.2, 0.25) is 25.5 Å². The molecule has 2 aromatic rings. The second kappa shape index (κ2) is 12.5. The molecule has 0 radical (unpaired) electrons. The van der Waals surface area contributed by atoms with Gasteiger partial charge in [0.25, 0.3) is 0 Å². The molecule has 1 aliphatic heterocycles. The lowest BCUT2D eigenvalue weighted by atomic mass is 9.82. The third-order valence-electron chi connectivity index (χ3n) is 5.47. The number of carbonyl (C=O) groups excluding carboxylic acids is 2. The average molecular weight is 605 g/mol. The maximum atomic E-state index is 16.2.